The van der Waals surface area contributed by atoms with Gasteiger partial charge < -0.3 is 9.64 Å². The highest BCUT2D eigenvalue weighted by molar-refractivity contribution is 5.75. The second kappa shape index (κ2) is 6.02. The topological polar surface area (TPSA) is 29.5 Å². The zero-order chi connectivity index (χ0) is 11.2. The molecule has 0 saturated carbocycles. The molecule has 0 atom stereocenters. The number of carbonyl (C=O) groups excluding carboxylic acids is 1. The highest BCUT2D eigenvalue weighted by atomic mass is 16.5. The number of carbonyl (C=O) groups is 1. The summed E-state index contributed by atoms with van der Waals surface area (Å²) >= 11 is 0. The van der Waals surface area contributed by atoms with Gasteiger partial charge in [0.25, 0.3) is 0 Å². The summed E-state index contributed by atoms with van der Waals surface area (Å²) in [5.74, 6) is 0.163. The summed E-state index contributed by atoms with van der Waals surface area (Å²) in [5, 5.41) is 0. The number of nitrogens with zero attached hydrogens (tertiary/aromatic N) is 1. The molecule has 0 aliphatic carbocycles. The fourth-order valence-electron chi connectivity index (χ4n) is 1.03. The van der Waals surface area contributed by atoms with Crippen LogP contribution in [0, 0.1) is 0 Å². The van der Waals surface area contributed by atoms with Crippen molar-refractivity contribution >= 4 is 5.91 Å². The molecule has 0 radical (unpaired) electrons. The first kappa shape index (κ1) is 13.4. The van der Waals surface area contributed by atoms with Gasteiger partial charge in [-0.25, -0.2) is 0 Å². The number of hydrogen-bond acceptors (Lipinski definition) is 2. The van der Waals surface area contributed by atoms with Crippen LogP contribution in [0.5, 0.6) is 0 Å². The van der Waals surface area contributed by atoms with E-state index < -0.39 is 0 Å². The van der Waals surface area contributed by atoms with Crippen molar-refractivity contribution in [2.45, 2.75) is 53.1 Å². The largest absolute Gasteiger partial charge is 0.355 e. The summed E-state index contributed by atoms with van der Waals surface area (Å²) in [6, 6.07) is 0. The molecule has 0 aromatic carbocycles. The Morgan fingerprint density at radius 2 is 1.86 bits per heavy atom. The molecule has 1 amide bonds. The lowest BCUT2D eigenvalue weighted by molar-refractivity contribution is -0.141. The highest BCUT2D eigenvalue weighted by Gasteiger charge is 2.15. The van der Waals surface area contributed by atoms with E-state index in [4.69, 9.17) is 4.74 Å². The smallest absolute Gasteiger partial charge is 0.224 e. The van der Waals surface area contributed by atoms with Crippen molar-refractivity contribution < 1.29 is 9.53 Å². The molecule has 0 aliphatic heterocycles. The molecule has 0 heterocycles. The predicted octanol–water partition coefficient (Wildman–Crippen LogP) is 2.41. The molecule has 0 N–H and O–H groups in total. The monoisotopic (exact) mass is 201 g/mol. The van der Waals surface area contributed by atoms with Crippen molar-refractivity contribution in [2.75, 3.05) is 13.3 Å². The molecule has 0 unspecified atom stereocenters. The zero-order valence-corrected chi connectivity index (χ0v) is 10.1. The van der Waals surface area contributed by atoms with E-state index in [1.165, 1.54) is 0 Å². The Kier molecular flexibility index (Phi) is 5.77. The van der Waals surface area contributed by atoms with Gasteiger partial charge in [-0.3, -0.25) is 4.79 Å². The lowest BCUT2D eigenvalue weighted by Gasteiger charge is -2.27. The van der Waals surface area contributed by atoms with Crippen molar-refractivity contribution in [3.63, 3.8) is 0 Å². The van der Waals surface area contributed by atoms with Crippen LogP contribution in [0.25, 0.3) is 0 Å². The van der Waals surface area contributed by atoms with Crippen molar-refractivity contribution in [3.05, 3.63) is 0 Å². The van der Waals surface area contributed by atoms with E-state index in [1.807, 2.05) is 27.7 Å². The molecule has 0 saturated heterocycles. The number of ether oxygens (including phenoxy) is 1. The van der Waals surface area contributed by atoms with Crippen LogP contribution >= 0.6 is 0 Å². The summed E-state index contributed by atoms with van der Waals surface area (Å²) in [7, 11) is 0. The maximum Gasteiger partial charge on any atom is 0.224 e. The standard InChI is InChI=1S/C11H23NO2/c1-6-8-12(10(13)7-2)9-14-11(3,4)5/h6-9H2,1-5H3. The number of hydrogen-bond donors (Lipinski definition) is 0. The van der Waals surface area contributed by atoms with Gasteiger partial charge in [-0.05, 0) is 27.2 Å². The third-order valence-corrected chi connectivity index (χ3v) is 1.80. The molecule has 0 aromatic heterocycles. The average molecular weight is 201 g/mol. The Morgan fingerprint density at radius 3 is 2.21 bits per heavy atom. The molecule has 0 rings (SSSR count). The highest BCUT2D eigenvalue weighted by Crippen LogP contribution is 2.08. The predicted molar refractivity (Wildman–Crippen MR) is 58.0 cm³/mol. The van der Waals surface area contributed by atoms with Gasteiger partial charge in [0.15, 0.2) is 0 Å². The average Bonchev–Trinajstić information content (AvgIpc) is 2.09. The number of amides is 1. The van der Waals surface area contributed by atoms with Crippen LogP contribution < -0.4 is 0 Å². The molecule has 0 aliphatic rings. The molecule has 3 heteroatoms. The maximum atomic E-state index is 11.5. The van der Waals surface area contributed by atoms with E-state index >= 15 is 0 Å². The minimum Gasteiger partial charge on any atom is -0.355 e. The normalized spacial score (nSPS) is 11.5. The van der Waals surface area contributed by atoms with Gasteiger partial charge in [-0.2, -0.15) is 0 Å². The molecule has 0 aromatic rings. The lowest BCUT2D eigenvalue weighted by atomic mass is 10.2. The van der Waals surface area contributed by atoms with Crippen molar-refractivity contribution in [1.82, 2.24) is 4.90 Å². The maximum absolute atomic E-state index is 11.5. The van der Waals surface area contributed by atoms with Gasteiger partial charge in [0.1, 0.15) is 6.73 Å². The van der Waals surface area contributed by atoms with Crippen LogP contribution in [0.4, 0.5) is 0 Å². The lowest BCUT2D eigenvalue weighted by Crippen LogP contribution is -2.36. The molecule has 84 valence electrons. The molecule has 14 heavy (non-hydrogen) atoms. The summed E-state index contributed by atoms with van der Waals surface area (Å²) in [4.78, 5) is 13.2. The van der Waals surface area contributed by atoms with E-state index in [0.29, 0.717) is 13.2 Å². The second-order valence-corrected chi connectivity index (χ2v) is 4.40. The molecular formula is C11H23NO2. The molecule has 0 spiro atoms. The van der Waals surface area contributed by atoms with E-state index in [2.05, 4.69) is 6.92 Å². The van der Waals surface area contributed by atoms with E-state index in [-0.39, 0.29) is 11.5 Å². The van der Waals surface area contributed by atoms with Gasteiger partial charge in [-0.15, -0.1) is 0 Å². The fraction of sp³-hybridized carbons (Fsp3) is 0.909. The van der Waals surface area contributed by atoms with Crippen molar-refractivity contribution in [1.29, 1.82) is 0 Å². The summed E-state index contributed by atoms with van der Waals surface area (Å²) in [6.45, 7) is 11.1. The van der Waals surface area contributed by atoms with E-state index in [1.54, 1.807) is 4.90 Å². The van der Waals surface area contributed by atoms with Crippen LogP contribution in [0.3, 0.4) is 0 Å². The first-order valence-corrected chi connectivity index (χ1v) is 5.32. The zero-order valence-electron chi connectivity index (χ0n) is 10.1. The van der Waals surface area contributed by atoms with Gasteiger partial charge in [-0.1, -0.05) is 13.8 Å². The molecule has 3 nitrogen and oxygen atoms in total. The molecule has 0 bridgehead atoms. The van der Waals surface area contributed by atoms with Crippen LogP contribution in [-0.2, 0) is 9.53 Å². The summed E-state index contributed by atoms with van der Waals surface area (Å²) < 4.78 is 5.57. The van der Waals surface area contributed by atoms with Gasteiger partial charge >= 0.3 is 0 Å². The quantitative estimate of drug-likeness (QED) is 0.639. The second-order valence-electron chi connectivity index (χ2n) is 4.40. The van der Waals surface area contributed by atoms with Gasteiger partial charge in [0, 0.05) is 13.0 Å². The van der Waals surface area contributed by atoms with Crippen molar-refractivity contribution in [2.24, 2.45) is 0 Å². The third-order valence-electron chi connectivity index (χ3n) is 1.80. The van der Waals surface area contributed by atoms with Gasteiger partial charge in [0.2, 0.25) is 5.91 Å². The van der Waals surface area contributed by atoms with Crippen LogP contribution in [0.15, 0.2) is 0 Å². The summed E-state index contributed by atoms with van der Waals surface area (Å²) in [6.07, 6.45) is 1.52. The minimum absolute atomic E-state index is 0.163. The first-order chi connectivity index (χ1) is 6.40. The Morgan fingerprint density at radius 1 is 1.29 bits per heavy atom. The number of rotatable bonds is 5. The summed E-state index contributed by atoms with van der Waals surface area (Å²) in [5.41, 5.74) is -0.181. The van der Waals surface area contributed by atoms with E-state index in [9.17, 15) is 4.79 Å². The fourth-order valence-corrected chi connectivity index (χ4v) is 1.03. The SMILES string of the molecule is CCCN(COC(C)(C)C)C(=O)CC. The van der Waals surface area contributed by atoms with Crippen LogP contribution in [0.1, 0.15) is 47.5 Å². The first-order valence-electron chi connectivity index (χ1n) is 5.32. The Hall–Kier alpha value is -0.570. The Labute approximate surface area is 87.4 Å². The van der Waals surface area contributed by atoms with Gasteiger partial charge in [0.05, 0.1) is 5.60 Å². The Bertz CT molecular complexity index is 173. The third kappa shape index (κ3) is 5.97. The molecular weight excluding hydrogens is 178 g/mol. The van der Waals surface area contributed by atoms with Crippen LogP contribution in [0.2, 0.25) is 0 Å². The van der Waals surface area contributed by atoms with E-state index in [0.717, 1.165) is 13.0 Å². The minimum atomic E-state index is -0.181. The Balaban J connectivity index is 4.03. The van der Waals surface area contributed by atoms with Crippen LogP contribution in [-0.4, -0.2) is 29.7 Å². The van der Waals surface area contributed by atoms with Crippen molar-refractivity contribution in [3.8, 4) is 0 Å². The molecule has 0 fully saturated rings.